The van der Waals surface area contributed by atoms with Crippen LogP contribution in [0.25, 0.3) is 6.08 Å². The number of unbranched alkanes of at least 4 members (excludes halogenated alkanes) is 3. The number of benzene rings is 2. The first kappa shape index (κ1) is 22.0. The number of nitrogens with one attached hydrogen (secondary N) is 1. The van der Waals surface area contributed by atoms with Crippen molar-refractivity contribution < 1.29 is 14.3 Å². The molecule has 0 fully saturated rings. The van der Waals surface area contributed by atoms with E-state index in [9.17, 15) is 9.59 Å². The normalized spacial score (nSPS) is 10.8. The van der Waals surface area contributed by atoms with Gasteiger partial charge in [0.15, 0.2) is 0 Å². The van der Waals surface area contributed by atoms with Gasteiger partial charge in [-0.3, -0.25) is 4.79 Å². The lowest BCUT2D eigenvalue weighted by molar-refractivity contribution is -0.111. The van der Waals surface area contributed by atoms with Crippen molar-refractivity contribution in [3.63, 3.8) is 0 Å². The van der Waals surface area contributed by atoms with E-state index in [0.29, 0.717) is 33.5 Å². The van der Waals surface area contributed by atoms with Crippen LogP contribution in [0, 0.1) is 0 Å². The number of hydrogen-bond acceptors (Lipinski definition) is 3. The minimum atomic E-state index is -0.355. The molecule has 0 saturated carbocycles. The molecule has 0 aromatic heterocycles. The Morgan fingerprint density at radius 3 is 2.46 bits per heavy atom. The first-order chi connectivity index (χ1) is 13.5. The highest BCUT2D eigenvalue weighted by molar-refractivity contribution is 6.35. The molecule has 0 aliphatic heterocycles. The van der Waals surface area contributed by atoms with Gasteiger partial charge in [-0.2, -0.15) is 0 Å². The van der Waals surface area contributed by atoms with Crippen molar-refractivity contribution in [1.29, 1.82) is 0 Å². The highest BCUT2D eigenvalue weighted by atomic mass is 35.5. The molecule has 0 aliphatic rings. The zero-order valence-corrected chi connectivity index (χ0v) is 17.2. The van der Waals surface area contributed by atoms with E-state index in [-0.39, 0.29) is 11.9 Å². The molecule has 1 N–H and O–H groups in total. The van der Waals surface area contributed by atoms with Gasteiger partial charge in [0, 0.05) is 21.8 Å². The molecule has 6 heteroatoms. The van der Waals surface area contributed by atoms with Crippen LogP contribution >= 0.6 is 23.2 Å². The number of ether oxygens (including phenoxy) is 1. The highest BCUT2D eigenvalue weighted by Gasteiger charge is 2.07. The van der Waals surface area contributed by atoms with Crippen LogP contribution in [0.3, 0.4) is 0 Å². The van der Waals surface area contributed by atoms with Gasteiger partial charge in [0.1, 0.15) is 0 Å². The maximum Gasteiger partial charge on any atom is 0.338 e. The number of carbonyl (C=O) groups is 2. The van der Waals surface area contributed by atoms with Crippen molar-refractivity contribution in [2.45, 2.75) is 32.6 Å². The molecule has 0 radical (unpaired) electrons. The minimum Gasteiger partial charge on any atom is -0.462 e. The second kappa shape index (κ2) is 11.5. The summed E-state index contributed by atoms with van der Waals surface area (Å²) < 4.78 is 5.24. The maximum absolute atomic E-state index is 12.1. The van der Waals surface area contributed by atoms with Gasteiger partial charge in [-0.1, -0.05) is 55.5 Å². The van der Waals surface area contributed by atoms with Crippen LogP contribution in [-0.2, 0) is 9.53 Å². The number of halogens is 2. The lowest BCUT2D eigenvalue weighted by Gasteiger charge is -2.06. The summed E-state index contributed by atoms with van der Waals surface area (Å²) in [6.07, 6.45) is 7.21. The summed E-state index contributed by atoms with van der Waals surface area (Å²) in [4.78, 5) is 24.0. The van der Waals surface area contributed by atoms with Gasteiger partial charge in [-0.15, -0.1) is 0 Å². The van der Waals surface area contributed by atoms with Crippen LogP contribution in [0.2, 0.25) is 10.0 Å². The third-order valence-electron chi connectivity index (χ3n) is 4.00. The molecular weight excluding hydrogens is 397 g/mol. The van der Waals surface area contributed by atoms with Crippen molar-refractivity contribution in [1.82, 2.24) is 0 Å². The highest BCUT2D eigenvalue weighted by Crippen LogP contribution is 2.22. The predicted molar refractivity (Wildman–Crippen MR) is 115 cm³/mol. The Kier molecular flexibility index (Phi) is 9.05. The number of rotatable bonds is 9. The van der Waals surface area contributed by atoms with Crippen molar-refractivity contribution in [2.75, 3.05) is 11.9 Å². The molecule has 0 atom stereocenters. The molecule has 0 unspecified atom stereocenters. The quantitative estimate of drug-likeness (QED) is 0.291. The van der Waals surface area contributed by atoms with Gasteiger partial charge in [0.2, 0.25) is 5.91 Å². The van der Waals surface area contributed by atoms with Crippen LogP contribution in [-0.4, -0.2) is 18.5 Å². The molecule has 0 saturated heterocycles. The lowest BCUT2D eigenvalue weighted by Crippen LogP contribution is -2.09. The Balaban J connectivity index is 1.85. The first-order valence-corrected chi connectivity index (χ1v) is 9.96. The zero-order valence-electron chi connectivity index (χ0n) is 15.7. The van der Waals surface area contributed by atoms with E-state index in [1.165, 1.54) is 6.08 Å². The number of hydrogen-bond donors (Lipinski definition) is 1. The molecule has 0 heterocycles. The Hall–Kier alpha value is -2.30. The Morgan fingerprint density at radius 2 is 1.79 bits per heavy atom. The fourth-order valence-corrected chi connectivity index (χ4v) is 2.92. The van der Waals surface area contributed by atoms with Gasteiger partial charge in [-0.05, 0) is 54.5 Å². The van der Waals surface area contributed by atoms with Crippen LogP contribution in [0.15, 0.2) is 48.5 Å². The fraction of sp³-hybridized carbons (Fsp3) is 0.273. The van der Waals surface area contributed by atoms with Crippen molar-refractivity contribution in [3.8, 4) is 0 Å². The standard InChI is InChI=1S/C22H23Cl2NO3/c1-2-3-4-5-14-28-22(27)17-7-11-19(12-8-17)25-21(26)13-9-16-6-10-18(23)15-20(16)24/h6-13,15H,2-5,14H2,1H3,(H,25,26). The molecular formula is C22H23Cl2NO3. The topological polar surface area (TPSA) is 55.4 Å². The van der Waals surface area contributed by atoms with Crippen LogP contribution in [0.4, 0.5) is 5.69 Å². The lowest BCUT2D eigenvalue weighted by atomic mass is 10.2. The molecule has 0 bridgehead atoms. The van der Waals surface area contributed by atoms with Crippen molar-refractivity contribution >= 4 is 46.8 Å². The van der Waals surface area contributed by atoms with E-state index in [2.05, 4.69) is 12.2 Å². The monoisotopic (exact) mass is 419 g/mol. The van der Waals surface area contributed by atoms with E-state index >= 15 is 0 Å². The summed E-state index contributed by atoms with van der Waals surface area (Å²) in [5.74, 6) is -0.663. The predicted octanol–water partition coefficient (Wildman–Crippen LogP) is 6.38. The van der Waals surface area contributed by atoms with E-state index in [0.717, 1.165) is 25.7 Å². The summed E-state index contributed by atoms with van der Waals surface area (Å²) >= 11 is 11.9. The van der Waals surface area contributed by atoms with Crippen molar-refractivity contribution in [2.24, 2.45) is 0 Å². The third-order valence-corrected chi connectivity index (χ3v) is 4.56. The average molecular weight is 420 g/mol. The molecule has 28 heavy (non-hydrogen) atoms. The van der Waals surface area contributed by atoms with Crippen LogP contribution in [0.1, 0.15) is 48.5 Å². The Bertz CT molecular complexity index is 832. The Morgan fingerprint density at radius 1 is 1.04 bits per heavy atom. The van der Waals surface area contributed by atoms with Crippen LogP contribution in [0.5, 0.6) is 0 Å². The summed E-state index contributed by atoms with van der Waals surface area (Å²) in [5, 5.41) is 3.73. The minimum absolute atomic E-state index is 0.308. The van der Waals surface area contributed by atoms with Gasteiger partial charge in [0.25, 0.3) is 0 Å². The van der Waals surface area contributed by atoms with Crippen LogP contribution < -0.4 is 5.32 Å². The largest absolute Gasteiger partial charge is 0.462 e. The molecule has 148 valence electrons. The van der Waals surface area contributed by atoms with E-state index < -0.39 is 0 Å². The third kappa shape index (κ3) is 7.37. The summed E-state index contributed by atoms with van der Waals surface area (Å²) in [6.45, 7) is 2.56. The summed E-state index contributed by atoms with van der Waals surface area (Å²) in [6, 6.07) is 11.6. The molecule has 2 aromatic rings. The molecule has 0 aliphatic carbocycles. The van der Waals surface area contributed by atoms with Gasteiger partial charge in [0.05, 0.1) is 12.2 Å². The molecule has 2 rings (SSSR count). The molecule has 2 aromatic carbocycles. The number of amides is 1. The SMILES string of the molecule is CCCCCCOC(=O)c1ccc(NC(=O)C=Cc2ccc(Cl)cc2Cl)cc1. The van der Waals surface area contributed by atoms with Gasteiger partial charge >= 0.3 is 5.97 Å². The summed E-state index contributed by atoms with van der Waals surface area (Å²) in [5.41, 5.74) is 1.73. The van der Waals surface area contributed by atoms with E-state index in [1.807, 2.05) is 0 Å². The van der Waals surface area contributed by atoms with Gasteiger partial charge < -0.3 is 10.1 Å². The number of anilines is 1. The van der Waals surface area contributed by atoms with Crippen molar-refractivity contribution in [3.05, 3.63) is 69.7 Å². The second-order valence-corrected chi connectivity index (χ2v) is 7.11. The maximum atomic E-state index is 12.1. The number of esters is 1. The van der Waals surface area contributed by atoms with Gasteiger partial charge in [-0.25, -0.2) is 4.79 Å². The molecule has 1 amide bonds. The molecule has 0 spiro atoms. The average Bonchev–Trinajstić information content (AvgIpc) is 2.67. The fourth-order valence-electron chi connectivity index (χ4n) is 2.45. The zero-order chi connectivity index (χ0) is 20.4. The summed E-state index contributed by atoms with van der Waals surface area (Å²) in [7, 11) is 0. The van der Waals surface area contributed by atoms with E-state index in [1.54, 1.807) is 48.5 Å². The molecule has 4 nitrogen and oxygen atoms in total. The Labute approximate surface area is 175 Å². The second-order valence-electron chi connectivity index (χ2n) is 6.26. The smallest absolute Gasteiger partial charge is 0.338 e. The number of carbonyl (C=O) groups excluding carboxylic acids is 2. The first-order valence-electron chi connectivity index (χ1n) is 9.21. The van der Waals surface area contributed by atoms with E-state index in [4.69, 9.17) is 27.9 Å².